The number of fused-ring (bicyclic) bond motifs is 2. The summed E-state index contributed by atoms with van der Waals surface area (Å²) in [5, 5.41) is 9.93. The normalized spacial score (nSPS) is 13.6. The smallest absolute Gasteiger partial charge is 0.229 e. The molecule has 0 bridgehead atoms. The summed E-state index contributed by atoms with van der Waals surface area (Å²) < 4.78 is 11.0. The molecule has 152 valence electrons. The number of carbonyl (C=O) groups is 1. The summed E-state index contributed by atoms with van der Waals surface area (Å²) in [7, 11) is 0. The lowest BCUT2D eigenvalue weighted by Crippen LogP contribution is -2.37. The first kappa shape index (κ1) is 18.9. The van der Waals surface area contributed by atoms with Gasteiger partial charge < -0.3 is 13.9 Å². The summed E-state index contributed by atoms with van der Waals surface area (Å²) in [5.41, 5.74) is 6.44. The number of carbonyl (C=O) groups excluding carboxylic acids is 1. The molecule has 0 unspecified atom stereocenters. The number of hydrogen-bond acceptors (Lipinski definition) is 5. The molecule has 4 aromatic rings. The molecule has 2 aromatic carbocycles. The molecule has 0 atom stereocenters. The Morgan fingerprint density at radius 2 is 1.87 bits per heavy atom. The van der Waals surface area contributed by atoms with Crippen molar-refractivity contribution in [2.75, 3.05) is 6.54 Å². The van der Waals surface area contributed by atoms with Crippen LogP contribution in [0, 0.1) is 13.8 Å². The van der Waals surface area contributed by atoms with Crippen molar-refractivity contribution >= 4 is 28.5 Å². The van der Waals surface area contributed by atoms with Crippen molar-refractivity contribution < 1.29 is 13.8 Å². The second-order valence-corrected chi connectivity index (χ2v) is 8.18. The standard InChI is InChI=1S/C23H20ClN3O3/c1-13-9-17-20(26-29-21(17)10-14(13)2)11-22(28)27-8-7-19-18(12-27)23(30-25-19)15-3-5-16(24)6-4-15/h3-6,9-10H,7-8,11-12H2,1-2H3. The van der Waals surface area contributed by atoms with E-state index >= 15 is 0 Å². The Bertz CT molecular complexity index is 1260. The van der Waals surface area contributed by atoms with Gasteiger partial charge in [-0.2, -0.15) is 0 Å². The van der Waals surface area contributed by atoms with Gasteiger partial charge in [-0.05, 0) is 61.4 Å². The number of halogens is 1. The summed E-state index contributed by atoms with van der Waals surface area (Å²) >= 11 is 6.00. The molecule has 3 heterocycles. The zero-order valence-corrected chi connectivity index (χ0v) is 17.5. The minimum absolute atomic E-state index is 0.0114. The first-order valence-corrected chi connectivity index (χ1v) is 10.2. The SMILES string of the molecule is Cc1cc2onc(CC(=O)N3CCc4noc(-c5ccc(Cl)cc5)c4C3)c2cc1C. The van der Waals surface area contributed by atoms with E-state index in [0.717, 1.165) is 33.3 Å². The summed E-state index contributed by atoms with van der Waals surface area (Å²) in [4.78, 5) is 14.9. The van der Waals surface area contributed by atoms with E-state index in [-0.39, 0.29) is 12.3 Å². The first-order valence-electron chi connectivity index (χ1n) is 9.86. The molecule has 1 aliphatic heterocycles. The molecule has 0 aliphatic carbocycles. The van der Waals surface area contributed by atoms with E-state index in [9.17, 15) is 4.79 Å². The molecule has 0 saturated heterocycles. The predicted molar refractivity (Wildman–Crippen MR) is 113 cm³/mol. The highest BCUT2D eigenvalue weighted by Crippen LogP contribution is 2.31. The zero-order valence-electron chi connectivity index (χ0n) is 16.7. The minimum Gasteiger partial charge on any atom is -0.356 e. The van der Waals surface area contributed by atoms with Crippen LogP contribution in [-0.4, -0.2) is 27.7 Å². The largest absolute Gasteiger partial charge is 0.356 e. The maximum atomic E-state index is 13.1. The minimum atomic E-state index is 0.0114. The fourth-order valence-electron chi connectivity index (χ4n) is 3.88. The molecule has 30 heavy (non-hydrogen) atoms. The fraction of sp³-hybridized carbons (Fsp3) is 0.261. The number of aryl methyl sites for hydroxylation is 2. The van der Waals surface area contributed by atoms with Crippen molar-refractivity contribution in [2.24, 2.45) is 0 Å². The van der Waals surface area contributed by atoms with Crippen molar-refractivity contribution in [2.45, 2.75) is 33.2 Å². The van der Waals surface area contributed by atoms with Gasteiger partial charge in [0.1, 0.15) is 5.69 Å². The van der Waals surface area contributed by atoms with E-state index in [4.69, 9.17) is 20.6 Å². The molecule has 0 spiro atoms. The molecular formula is C23H20ClN3O3. The van der Waals surface area contributed by atoms with Crippen LogP contribution in [0.1, 0.15) is 28.1 Å². The molecule has 0 saturated carbocycles. The Kier molecular flexibility index (Phi) is 4.59. The van der Waals surface area contributed by atoms with Gasteiger partial charge in [-0.25, -0.2) is 0 Å². The third kappa shape index (κ3) is 3.27. The molecule has 6 nitrogen and oxygen atoms in total. The third-order valence-corrected chi connectivity index (χ3v) is 6.03. The molecule has 0 N–H and O–H groups in total. The van der Waals surface area contributed by atoms with Gasteiger partial charge in [0.05, 0.1) is 18.7 Å². The number of benzene rings is 2. The van der Waals surface area contributed by atoms with E-state index in [0.29, 0.717) is 41.6 Å². The van der Waals surface area contributed by atoms with E-state index in [1.54, 1.807) is 0 Å². The second-order valence-electron chi connectivity index (χ2n) is 7.75. The molecule has 5 rings (SSSR count). The molecule has 0 fully saturated rings. The topological polar surface area (TPSA) is 72.4 Å². The van der Waals surface area contributed by atoms with E-state index in [1.807, 2.05) is 55.1 Å². The lowest BCUT2D eigenvalue weighted by atomic mass is 10.0. The molecule has 1 aliphatic rings. The van der Waals surface area contributed by atoms with Crippen LogP contribution in [0.25, 0.3) is 22.3 Å². The van der Waals surface area contributed by atoms with Gasteiger partial charge in [0.25, 0.3) is 0 Å². The molecule has 1 amide bonds. The number of nitrogens with zero attached hydrogens (tertiary/aromatic N) is 3. The number of hydrogen-bond donors (Lipinski definition) is 0. The van der Waals surface area contributed by atoms with Crippen LogP contribution < -0.4 is 0 Å². The van der Waals surface area contributed by atoms with Crippen LogP contribution in [-0.2, 0) is 24.2 Å². The van der Waals surface area contributed by atoms with Gasteiger partial charge >= 0.3 is 0 Å². The Morgan fingerprint density at radius 3 is 2.67 bits per heavy atom. The highest BCUT2D eigenvalue weighted by atomic mass is 35.5. The van der Waals surface area contributed by atoms with Gasteiger partial charge in [0.15, 0.2) is 11.3 Å². The maximum absolute atomic E-state index is 13.1. The van der Waals surface area contributed by atoms with Gasteiger partial charge in [-0.15, -0.1) is 0 Å². The van der Waals surface area contributed by atoms with Crippen molar-refractivity contribution in [1.82, 2.24) is 15.2 Å². The number of amides is 1. The monoisotopic (exact) mass is 421 g/mol. The third-order valence-electron chi connectivity index (χ3n) is 5.78. The van der Waals surface area contributed by atoms with E-state index in [2.05, 4.69) is 10.3 Å². The van der Waals surface area contributed by atoms with Crippen LogP contribution in [0.15, 0.2) is 45.4 Å². The summed E-state index contributed by atoms with van der Waals surface area (Å²) in [6.07, 6.45) is 0.864. The maximum Gasteiger partial charge on any atom is 0.229 e. The lowest BCUT2D eigenvalue weighted by molar-refractivity contribution is -0.131. The predicted octanol–water partition coefficient (Wildman–Crippen LogP) is 4.88. The van der Waals surface area contributed by atoms with Gasteiger partial charge in [0.2, 0.25) is 5.91 Å². The quantitative estimate of drug-likeness (QED) is 0.471. The van der Waals surface area contributed by atoms with Gasteiger partial charge in [0, 0.05) is 34.5 Å². The van der Waals surface area contributed by atoms with Crippen molar-refractivity contribution in [1.29, 1.82) is 0 Å². The average molecular weight is 422 g/mol. The summed E-state index contributed by atoms with van der Waals surface area (Å²) in [6.45, 7) is 5.14. The molecule has 7 heteroatoms. The Morgan fingerprint density at radius 1 is 1.10 bits per heavy atom. The Labute approximate surface area is 178 Å². The van der Waals surface area contributed by atoms with Crippen LogP contribution in [0.5, 0.6) is 0 Å². The van der Waals surface area contributed by atoms with Crippen molar-refractivity contribution in [3.05, 3.63) is 69.5 Å². The van der Waals surface area contributed by atoms with Crippen LogP contribution >= 0.6 is 11.6 Å². The number of aromatic nitrogens is 2. The summed E-state index contributed by atoms with van der Waals surface area (Å²) in [5.74, 6) is 0.703. The van der Waals surface area contributed by atoms with Crippen molar-refractivity contribution in [3.63, 3.8) is 0 Å². The number of rotatable bonds is 3. The second kappa shape index (κ2) is 7.29. The summed E-state index contributed by atoms with van der Waals surface area (Å²) in [6, 6.07) is 11.4. The highest BCUT2D eigenvalue weighted by Gasteiger charge is 2.28. The molecule has 2 aromatic heterocycles. The lowest BCUT2D eigenvalue weighted by Gasteiger charge is -2.26. The van der Waals surface area contributed by atoms with Crippen molar-refractivity contribution in [3.8, 4) is 11.3 Å². The molecular weight excluding hydrogens is 402 g/mol. The van der Waals surface area contributed by atoms with E-state index < -0.39 is 0 Å². The van der Waals surface area contributed by atoms with Gasteiger partial charge in [-0.3, -0.25) is 4.79 Å². The van der Waals surface area contributed by atoms with Crippen LogP contribution in [0.3, 0.4) is 0 Å². The molecule has 0 radical (unpaired) electrons. The van der Waals surface area contributed by atoms with Crippen LogP contribution in [0.4, 0.5) is 0 Å². The van der Waals surface area contributed by atoms with Gasteiger partial charge in [-0.1, -0.05) is 21.9 Å². The fourth-order valence-corrected chi connectivity index (χ4v) is 4.01. The highest BCUT2D eigenvalue weighted by molar-refractivity contribution is 6.30. The average Bonchev–Trinajstić information content (AvgIpc) is 3.33. The zero-order chi connectivity index (χ0) is 20.8. The van der Waals surface area contributed by atoms with Crippen LogP contribution in [0.2, 0.25) is 5.02 Å². The Balaban J connectivity index is 1.39. The Hall–Kier alpha value is -3.12. The first-order chi connectivity index (χ1) is 14.5. The van der Waals surface area contributed by atoms with E-state index in [1.165, 1.54) is 0 Å².